The monoisotopic (exact) mass is 592 g/mol. The number of unbranched alkanes of at least 4 members (excludes halogenated alkanes) is 2. The fourth-order valence-electron chi connectivity index (χ4n) is 4.76. The predicted molar refractivity (Wildman–Crippen MR) is 161 cm³/mol. The summed E-state index contributed by atoms with van der Waals surface area (Å²) >= 11 is 1.56. The number of aliphatic hydroxyl groups excluding tert-OH is 1. The second kappa shape index (κ2) is 16.4. The van der Waals surface area contributed by atoms with Crippen LogP contribution in [0, 0.1) is 5.92 Å². The van der Waals surface area contributed by atoms with Gasteiger partial charge in [-0.05, 0) is 35.6 Å². The Bertz CT molecular complexity index is 1260. The van der Waals surface area contributed by atoms with Crippen molar-refractivity contribution < 1.29 is 24.2 Å². The standard InChI is InChI=1S/C32H40N4O5S/c1-22-28(21-42-32-34-17-6-18-35-32)40-31(41-30(22)26-12-10-25(20-37)11-13-26)27-14-8-24(9-15-27)19-36-29(39)7-4-3-5-16-33-23(2)38/h6,8-15,17-18,22,28,30-31,37H,3-5,7,16,19-21H2,1-2H3,(H,33,38)(H,36,39)/t22-,28+,30+,31+/m0/s1. The summed E-state index contributed by atoms with van der Waals surface area (Å²) < 4.78 is 13.0. The maximum atomic E-state index is 12.3. The summed E-state index contributed by atoms with van der Waals surface area (Å²) in [5, 5.41) is 15.9. The number of nitrogens with zero attached hydrogens (tertiary/aromatic N) is 2. The zero-order valence-electron chi connectivity index (χ0n) is 24.2. The number of benzene rings is 2. The van der Waals surface area contributed by atoms with Gasteiger partial charge in [-0.2, -0.15) is 0 Å². The third-order valence-corrected chi connectivity index (χ3v) is 8.20. The van der Waals surface area contributed by atoms with Gasteiger partial charge in [0, 0.05) is 56.1 Å². The molecule has 3 aromatic rings. The van der Waals surface area contributed by atoms with E-state index in [0.29, 0.717) is 30.4 Å². The molecule has 1 fully saturated rings. The van der Waals surface area contributed by atoms with E-state index in [1.54, 1.807) is 30.2 Å². The van der Waals surface area contributed by atoms with Crippen molar-refractivity contribution >= 4 is 23.6 Å². The lowest BCUT2D eigenvalue weighted by Gasteiger charge is -2.41. The molecule has 0 unspecified atom stereocenters. The number of ether oxygens (including phenoxy) is 2. The molecule has 1 saturated heterocycles. The average molecular weight is 593 g/mol. The van der Waals surface area contributed by atoms with E-state index >= 15 is 0 Å². The van der Waals surface area contributed by atoms with Crippen molar-refractivity contribution in [2.75, 3.05) is 12.3 Å². The van der Waals surface area contributed by atoms with Gasteiger partial charge in [-0.1, -0.05) is 73.6 Å². The topological polar surface area (TPSA) is 123 Å². The number of nitrogens with one attached hydrogen (secondary N) is 2. The van der Waals surface area contributed by atoms with Gasteiger partial charge in [0.1, 0.15) is 0 Å². The number of hydrogen-bond donors (Lipinski definition) is 3. The van der Waals surface area contributed by atoms with E-state index in [-0.39, 0.29) is 36.5 Å². The Balaban J connectivity index is 1.35. The molecule has 0 radical (unpaired) electrons. The summed E-state index contributed by atoms with van der Waals surface area (Å²) in [5.74, 6) is 0.732. The minimum Gasteiger partial charge on any atom is -0.392 e. The van der Waals surface area contributed by atoms with E-state index in [9.17, 15) is 14.7 Å². The van der Waals surface area contributed by atoms with E-state index in [0.717, 1.165) is 41.5 Å². The van der Waals surface area contributed by atoms with Gasteiger partial charge < -0.3 is 25.2 Å². The van der Waals surface area contributed by atoms with Crippen molar-refractivity contribution in [3.8, 4) is 0 Å². The first-order chi connectivity index (χ1) is 20.4. The maximum Gasteiger partial charge on any atom is 0.220 e. The number of carbonyl (C=O) groups excluding carboxylic acids is 2. The molecule has 2 amide bonds. The van der Waals surface area contributed by atoms with Gasteiger partial charge in [0.25, 0.3) is 0 Å². The Hall–Kier alpha value is -3.31. The highest BCUT2D eigenvalue weighted by Crippen LogP contribution is 2.42. The molecule has 3 N–H and O–H groups in total. The van der Waals surface area contributed by atoms with Crippen molar-refractivity contribution in [1.82, 2.24) is 20.6 Å². The van der Waals surface area contributed by atoms with Crippen LogP contribution in [0.2, 0.25) is 0 Å². The van der Waals surface area contributed by atoms with Crippen molar-refractivity contribution in [2.24, 2.45) is 5.92 Å². The second-order valence-corrected chi connectivity index (χ2v) is 11.5. The first-order valence-electron chi connectivity index (χ1n) is 14.4. The minimum absolute atomic E-state index is 0.00380. The van der Waals surface area contributed by atoms with E-state index in [4.69, 9.17) is 9.47 Å². The van der Waals surface area contributed by atoms with Gasteiger partial charge >= 0.3 is 0 Å². The minimum atomic E-state index is -0.563. The number of amides is 2. The summed E-state index contributed by atoms with van der Waals surface area (Å²) in [4.78, 5) is 31.8. The van der Waals surface area contributed by atoms with Crippen LogP contribution >= 0.6 is 11.8 Å². The molecule has 9 nitrogen and oxygen atoms in total. The molecule has 2 heterocycles. The fourth-order valence-corrected chi connectivity index (χ4v) is 5.73. The highest BCUT2D eigenvalue weighted by Gasteiger charge is 2.38. The SMILES string of the molecule is CC(=O)NCCCCCC(=O)NCc1ccc([C@@H]2O[C@H](CSc3ncccn3)[C@H](C)[C@H](c3ccc(CO)cc3)O2)cc1. The van der Waals surface area contributed by atoms with Crippen LogP contribution in [0.3, 0.4) is 0 Å². The van der Waals surface area contributed by atoms with Gasteiger partial charge in [-0.25, -0.2) is 9.97 Å². The van der Waals surface area contributed by atoms with Crippen molar-refractivity contribution in [1.29, 1.82) is 0 Å². The molecule has 42 heavy (non-hydrogen) atoms. The fraction of sp³-hybridized carbons (Fsp3) is 0.438. The summed E-state index contributed by atoms with van der Waals surface area (Å²) in [6, 6.07) is 17.6. The van der Waals surface area contributed by atoms with Gasteiger partial charge in [0.05, 0.1) is 18.8 Å². The lowest BCUT2D eigenvalue weighted by atomic mass is 9.91. The molecule has 1 aromatic heterocycles. The Morgan fingerprint density at radius 1 is 0.905 bits per heavy atom. The van der Waals surface area contributed by atoms with E-state index in [2.05, 4.69) is 27.5 Å². The highest BCUT2D eigenvalue weighted by atomic mass is 32.2. The normalized spacial score (nSPS) is 20.2. The number of carbonyl (C=O) groups is 2. The summed E-state index contributed by atoms with van der Waals surface area (Å²) in [5.41, 5.74) is 3.78. The molecule has 4 rings (SSSR count). The van der Waals surface area contributed by atoms with Crippen molar-refractivity contribution in [3.05, 3.63) is 89.2 Å². The molecule has 1 aliphatic rings. The first-order valence-corrected chi connectivity index (χ1v) is 15.4. The summed E-state index contributed by atoms with van der Waals surface area (Å²) in [6.45, 7) is 4.73. The third-order valence-electron chi connectivity index (χ3n) is 7.24. The van der Waals surface area contributed by atoms with Crippen molar-refractivity contribution in [2.45, 2.75) is 76.3 Å². The Morgan fingerprint density at radius 2 is 1.60 bits per heavy atom. The number of aromatic nitrogens is 2. The first kappa shape index (κ1) is 31.6. The highest BCUT2D eigenvalue weighted by molar-refractivity contribution is 7.99. The molecular weight excluding hydrogens is 552 g/mol. The largest absolute Gasteiger partial charge is 0.392 e. The van der Waals surface area contributed by atoms with Crippen LogP contribution < -0.4 is 10.6 Å². The van der Waals surface area contributed by atoms with E-state index in [1.165, 1.54) is 6.92 Å². The summed E-state index contributed by atoms with van der Waals surface area (Å²) in [6.07, 6.45) is 5.61. The van der Waals surface area contributed by atoms with Gasteiger partial charge in [-0.3, -0.25) is 9.59 Å². The lowest BCUT2D eigenvalue weighted by Crippen LogP contribution is -2.38. The van der Waals surface area contributed by atoms with Crippen LogP contribution in [0.5, 0.6) is 0 Å². The predicted octanol–water partition coefficient (Wildman–Crippen LogP) is 4.87. The Kier molecular flexibility index (Phi) is 12.3. The molecule has 0 bridgehead atoms. The quantitative estimate of drug-likeness (QED) is 0.138. The van der Waals surface area contributed by atoms with Crippen LogP contribution in [0.1, 0.15) is 74.2 Å². The Labute approximate surface area is 251 Å². The number of aliphatic hydroxyl groups is 1. The smallest absolute Gasteiger partial charge is 0.220 e. The molecule has 0 saturated carbocycles. The van der Waals surface area contributed by atoms with Crippen molar-refractivity contribution in [3.63, 3.8) is 0 Å². The zero-order chi connectivity index (χ0) is 29.7. The molecule has 2 aromatic carbocycles. The number of rotatable bonds is 14. The molecule has 10 heteroatoms. The second-order valence-electron chi connectivity index (χ2n) is 10.5. The van der Waals surface area contributed by atoms with Gasteiger partial charge in [-0.15, -0.1) is 0 Å². The molecule has 1 aliphatic heterocycles. The number of thioether (sulfide) groups is 1. The van der Waals surface area contributed by atoms with Gasteiger partial charge in [0.2, 0.25) is 11.8 Å². The lowest BCUT2D eigenvalue weighted by molar-refractivity contribution is -0.268. The molecule has 0 spiro atoms. The van der Waals surface area contributed by atoms with Crippen LogP contribution in [0.15, 0.2) is 72.1 Å². The molecule has 4 atom stereocenters. The van der Waals surface area contributed by atoms with Crippen LogP contribution in [0.4, 0.5) is 0 Å². The molecule has 0 aliphatic carbocycles. The maximum absolute atomic E-state index is 12.3. The number of hydrogen-bond acceptors (Lipinski definition) is 8. The third kappa shape index (κ3) is 9.62. The summed E-state index contributed by atoms with van der Waals surface area (Å²) in [7, 11) is 0. The Morgan fingerprint density at radius 3 is 2.29 bits per heavy atom. The van der Waals surface area contributed by atoms with Gasteiger partial charge in [0.15, 0.2) is 11.4 Å². The van der Waals surface area contributed by atoms with Crippen LogP contribution in [0.25, 0.3) is 0 Å². The van der Waals surface area contributed by atoms with Crippen LogP contribution in [-0.2, 0) is 32.2 Å². The average Bonchev–Trinajstić information content (AvgIpc) is 3.02. The van der Waals surface area contributed by atoms with Crippen LogP contribution in [-0.4, -0.2) is 45.3 Å². The molecular formula is C32H40N4O5S. The zero-order valence-corrected chi connectivity index (χ0v) is 25.0. The molecule has 224 valence electrons. The van der Waals surface area contributed by atoms with E-state index in [1.807, 2.05) is 48.5 Å². The van der Waals surface area contributed by atoms with E-state index < -0.39 is 6.29 Å².